The molecule has 0 saturated carbocycles. The van der Waals surface area contributed by atoms with E-state index in [-0.39, 0.29) is 0 Å². The summed E-state index contributed by atoms with van der Waals surface area (Å²) in [6.07, 6.45) is 4.89. The fourth-order valence-electron chi connectivity index (χ4n) is 0.470. The Morgan fingerprint density at radius 1 is 1.38 bits per heavy atom. The summed E-state index contributed by atoms with van der Waals surface area (Å²) in [5.74, 6) is 0. The van der Waals surface area contributed by atoms with E-state index in [0.717, 1.165) is 19.3 Å². The molecule has 0 radical (unpaired) electrons. The number of rotatable bonds is 4. The fourth-order valence-corrected chi connectivity index (χ4v) is 0.470. The normalized spacial score (nSPS) is 10.8. The van der Waals surface area contributed by atoms with Crippen molar-refractivity contribution in [2.45, 2.75) is 19.3 Å². The molecule has 0 aromatic rings. The lowest BCUT2D eigenvalue weighted by Crippen LogP contribution is -1.96. The molecule has 0 spiro atoms. The molecule has 0 bridgehead atoms. The van der Waals surface area contributed by atoms with Gasteiger partial charge in [0, 0.05) is 0 Å². The maximum atomic E-state index is 11.2. The Kier molecular flexibility index (Phi) is 6.32. The Bertz CT molecular complexity index is 61.5. The molecule has 0 rings (SSSR count). The summed E-state index contributed by atoms with van der Waals surface area (Å²) in [5.41, 5.74) is 5.19. The second-order valence-corrected chi connectivity index (χ2v) is 1.65. The van der Waals surface area contributed by atoms with Crippen LogP contribution in [0.15, 0.2) is 12.4 Å². The van der Waals surface area contributed by atoms with Crippen molar-refractivity contribution in [3.63, 3.8) is 0 Å². The van der Waals surface area contributed by atoms with Crippen molar-refractivity contribution in [2.75, 3.05) is 6.54 Å². The summed E-state index contributed by atoms with van der Waals surface area (Å²) < 4.78 is 11.2. The van der Waals surface area contributed by atoms with Gasteiger partial charge in [-0.1, -0.05) is 6.08 Å². The Morgan fingerprint density at radius 2 is 2.12 bits per heavy atom. The van der Waals surface area contributed by atoms with Crippen LogP contribution < -0.4 is 5.73 Å². The Labute approximate surface area is 49.4 Å². The van der Waals surface area contributed by atoms with Gasteiger partial charge in [0.1, 0.15) is 0 Å². The quantitative estimate of drug-likeness (QED) is 0.556. The van der Waals surface area contributed by atoms with E-state index in [0.29, 0.717) is 12.9 Å². The van der Waals surface area contributed by atoms with E-state index in [4.69, 9.17) is 5.73 Å². The van der Waals surface area contributed by atoms with Crippen molar-refractivity contribution < 1.29 is 4.39 Å². The largest absolute Gasteiger partial charge is 0.330 e. The monoisotopic (exact) mass is 117 g/mol. The van der Waals surface area contributed by atoms with Gasteiger partial charge in [0.15, 0.2) is 0 Å². The zero-order valence-electron chi connectivity index (χ0n) is 4.94. The van der Waals surface area contributed by atoms with E-state index in [1.165, 1.54) is 6.08 Å². The van der Waals surface area contributed by atoms with Crippen molar-refractivity contribution in [1.29, 1.82) is 0 Å². The first kappa shape index (κ1) is 7.63. The highest BCUT2D eigenvalue weighted by molar-refractivity contribution is 4.71. The fraction of sp³-hybridized carbons (Fsp3) is 0.667. The third kappa shape index (κ3) is 5.63. The summed E-state index contributed by atoms with van der Waals surface area (Å²) in [7, 11) is 0. The SMILES string of the molecule is NCCCCC=CF. The van der Waals surface area contributed by atoms with E-state index in [9.17, 15) is 4.39 Å². The van der Waals surface area contributed by atoms with Gasteiger partial charge in [-0.05, 0) is 25.8 Å². The van der Waals surface area contributed by atoms with Crippen LogP contribution in [0, 0.1) is 0 Å². The van der Waals surface area contributed by atoms with Crippen LogP contribution in [-0.4, -0.2) is 6.54 Å². The number of hydrogen-bond donors (Lipinski definition) is 1. The molecule has 1 nitrogen and oxygen atoms in total. The molecule has 0 aliphatic rings. The molecule has 0 aromatic carbocycles. The van der Waals surface area contributed by atoms with Crippen LogP contribution in [0.5, 0.6) is 0 Å². The van der Waals surface area contributed by atoms with Gasteiger partial charge in [0.2, 0.25) is 0 Å². The zero-order chi connectivity index (χ0) is 6.24. The summed E-state index contributed by atoms with van der Waals surface area (Å²) in [4.78, 5) is 0. The highest BCUT2D eigenvalue weighted by Gasteiger charge is 1.79. The van der Waals surface area contributed by atoms with Gasteiger partial charge >= 0.3 is 0 Å². The van der Waals surface area contributed by atoms with E-state index in [1.54, 1.807) is 0 Å². The van der Waals surface area contributed by atoms with Crippen LogP contribution in [0.1, 0.15) is 19.3 Å². The molecule has 0 aromatic heterocycles. The van der Waals surface area contributed by atoms with E-state index in [2.05, 4.69) is 0 Å². The highest BCUT2D eigenvalue weighted by Crippen LogP contribution is 1.93. The molecule has 48 valence electrons. The molecule has 8 heavy (non-hydrogen) atoms. The number of hydrogen-bond acceptors (Lipinski definition) is 1. The molecule has 2 N–H and O–H groups in total. The summed E-state index contributed by atoms with van der Waals surface area (Å²) in [6.45, 7) is 0.708. The lowest BCUT2D eigenvalue weighted by Gasteiger charge is -1.88. The summed E-state index contributed by atoms with van der Waals surface area (Å²) >= 11 is 0. The molecular formula is C6H12FN. The maximum Gasteiger partial charge on any atom is 0.0827 e. The molecule has 0 atom stereocenters. The smallest absolute Gasteiger partial charge is 0.0827 e. The first-order valence-corrected chi connectivity index (χ1v) is 2.87. The number of halogens is 1. The molecule has 0 saturated heterocycles. The van der Waals surface area contributed by atoms with Gasteiger partial charge in [0.25, 0.3) is 0 Å². The minimum absolute atomic E-state index is 0.580. The topological polar surface area (TPSA) is 26.0 Å². The van der Waals surface area contributed by atoms with E-state index >= 15 is 0 Å². The van der Waals surface area contributed by atoms with Gasteiger partial charge < -0.3 is 5.73 Å². The van der Waals surface area contributed by atoms with Gasteiger partial charge in [-0.2, -0.15) is 0 Å². The van der Waals surface area contributed by atoms with Crippen LogP contribution in [0.3, 0.4) is 0 Å². The molecular weight excluding hydrogens is 105 g/mol. The number of allylic oxidation sites excluding steroid dienone is 1. The Balaban J connectivity index is 2.72. The van der Waals surface area contributed by atoms with E-state index < -0.39 is 0 Å². The molecule has 0 unspecified atom stereocenters. The van der Waals surface area contributed by atoms with Gasteiger partial charge in [0.05, 0.1) is 6.33 Å². The minimum Gasteiger partial charge on any atom is -0.330 e. The summed E-state index contributed by atoms with van der Waals surface area (Å²) in [5, 5.41) is 0. The molecule has 0 heterocycles. The molecule has 0 aliphatic carbocycles. The van der Waals surface area contributed by atoms with Gasteiger partial charge in [-0.3, -0.25) is 0 Å². The second kappa shape index (κ2) is 6.63. The molecule has 2 heteroatoms. The van der Waals surface area contributed by atoms with Gasteiger partial charge in [-0.25, -0.2) is 4.39 Å². The van der Waals surface area contributed by atoms with Crippen molar-refractivity contribution >= 4 is 0 Å². The van der Waals surface area contributed by atoms with Crippen LogP contribution >= 0.6 is 0 Å². The third-order valence-corrected chi connectivity index (χ3v) is 0.914. The van der Waals surface area contributed by atoms with Crippen LogP contribution in [0.2, 0.25) is 0 Å². The van der Waals surface area contributed by atoms with Crippen molar-refractivity contribution in [3.8, 4) is 0 Å². The predicted octanol–water partition coefficient (Wildman–Crippen LogP) is 1.60. The lowest BCUT2D eigenvalue weighted by molar-refractivity contribution is 0.699. The van der Waals surface area contributed by atoms with Crippen molar-refractivity contribution in [3.05, 3.63) is 12.4 Å². The Morgan fingerprint density at radius 3 is 2.62 bits per heavy atom. The van der Waals surface area contributed by atoms with Crippen molar-refractivity contribution in [2.24, 2.45) is 5.73 Å². The highest BCUT2D eigenvalue weighted by atomic mass is 19.1. The second-order valence-electron chi connectivity index (χ2n) is 1.65. The molecule has 0 fully saturated rings. The molecule has 0 aliphatic heterocycles. The number of unbranched alkanes of at least 4 members (excludes halogenated alkanes) is 2. The zero-order valence-corrected chi connectivity index (χ0v) is 4.94. The first-order chi connectivity index (χ1) is 3.91. The lowest BCUT2D eigenvalue weighted by atomic mass is 10.2. The van der Waals surface area contributed by atoms with Crippen LogP contribution in [-0.2, 0) is 0 Å². The average Bonchev–Trinajstić information content (AvgIpc) is 1.81. The van der Waals surface area contributed by atoms with Crippen LogP contribution in [0.25, 0.3) is 0 Å². The minimum atomic E-state index is 0.580. The van der Waals surface area contributed by atoms with E-state index in [1.807, 2.05) is 0 Å². The average molecular weight is 117 g/mol. The number of nitrogens with two attached hydrogens (primary N) is 1. The third-order valence-electron chi connectivity index (χ3n) is 0.914. The predicted molar refractivity (Wildman–Crippen MR) is 33.2 cm³/mol. The van der Waals surface area contributed by atoms with Gasteiger partial charge in [-0.15, -0.1) is 0 Å². The first-order valence-electron chi connectivity index (χ1n) is 2.87. The standard InChI is InChI=1S/C6H12FN/c7-5-3-1-2-4-6-8/h3,5H,1-2,4,6,8H2. The van der Waals surface area contributed by atoms with Crippen LogP contribution in [0.4, 0.5) is 4.39 Å². The molecule has 0 amide bonds. The Hall–Kier alpha value is -0.370. The van der Waals surface area contributed by atoms with Crippen molar-refractivity contribution in [1.82, 2.24) is 0 Å². The summed E-state index contributed by atoms with van der Waals surface area (Å²) in [6, 6.07) is 0. The maximum absolute atomic E-state index is 11.2.